The molecule has 0 heterocycles. The minimum atomic E-state index is -0.969. The molecule has 3 unspecified atom stereocenters. The van der Waals surface area contributed by atoms with E-state index in [1.54, 1.807) is 24.3 Å². The van der Waals surface area contributed by atoms with Gasteiger partial charge in [0.05, 0.1) is 6.10 Å². The minimum Gasteiger partial charge on any atom is -0.479 e. The Balaban J connectivity index is 0.000000217. The molecule has 0 bridgehead atoms. The maximum absolute atomic E-state index is 10.6. The predicted molar refractivity (Wildman–Crippen MR) is 76.3 cm³/mol. The van der Waals surface area contributed by atoms with Crippen molar-refractivity contribution in [3.05, 3.63) is 35.9 Å². The lowest BCUT2D eigenvalue weighted by molar-refractivity contribution is -0.148. The average Bonchev–Trinajstić information content (AvgIpc) is 2.44. The van der Waals surface area contributed by atoms with Crippen LogP contribution in [0.3, 0.4) is 0 Å². The van der Waals surface area contributed by atoms with Crippen molar-refractivity contribution < 1.29 is 19.7 Å². The van der Waals surface area contributed by atoms with Crippen molar-refractivity contribution in [1.29, 1.82) is 0 Å². The van der Waals surface area contributed by atoms with Crippen molar-refractivity contribution in [2.75, 3.05) is 7.11 Å². The van der Waals surface area contributed by atoms with Gasteiger partial charge in [-0.3, -0.25) is 0 Å². The molecular formula is C15H23NO4. The molecule has 0 saturated heterocycles. The number of carboxylic acids is 1. The summed E-state index contributed by atoms with van der Waals surface area (Å²) in [5.74, 6) is -0.969. The average molecular weight is 281 g/mol. The zero-order valence-corrected chi connectivity index (χ0v) is 11.7. The van der Waals surface area contributed by atoms with E-state index in [1.165, 1.54) is 13.5 Å². The molecule has 1 aromatic carbocycles. The summed E-state index contributed by atoms with van der Waals surface area (Å²) in [6.45, 7) is 0. The first kappa shape index (κ1) is 16.6. The zero-order valence-electron chi connectivity index (χ0n) is 11.7. The Morgan fingerprint density at radius 1 is 1.30 bits per heavy atom. The lowest BCUT2D eigenvalue weighted by atomic mass is 9.94. The number of hydrogen-bond acceptors (Lipinski definition) is 4. The maximum Gasteiger partial charge on any atom is 0.337 e. The van der Waals surface area contributed by atoms with Gasteiger partial charge in [0, 0.05) is 13.2 Å². The molecule has 0 radical (unpaired) electrons. The molecule has 5 nitrogen and oxygen atoms in total. The molecule has 3 atom stereocenters. The van der Waals surface area contributed by atoms with Crippen LogP contribution >= 0.6 is 0 Å². The first-order valence-corrected chi connectivity index (χ1v) is 6.80. The van der Waals surface area contributed by atoms with Crippen LogP contribution in [0.1, 0.15) is 37.4 Å². The van der Waals surface area contributed by atoms with Gasteiger partial charge < -0.3 is 20.7 Å². The highest BCUT2D eigenvalue weighted by Gasteiger charge is 2.18. The van der Waals surface area contributed by atoms with Gasteiger partial charge in [0.15, 0.2) is 6.10 Å². The summed E-state index contributed by atoms with van der Waals surface area (Å²) in [6.07, 6.45) is 3.17. The third-order valence-electron chi connectivity index (χ3n) is 3.34. The monoisotopic (exact) mass is 281 g/mol. The van der Waals surface area contributed by atoms with Gasteiger partial charge in [0.1, 0.15) is 0 Å². The number of carboxylic acid groups (broad SMARTS) is 1. The molecule has 0 amide bonds. The summed E-state index contributed by atoms with van der Waals surface area (Å²) in [5.41, 5.74) is 6.19. The van der Waals surface area contributed by atoms with Crippen molar-refractivity contribution in [1.82, 2.24) is 0 Å². The molecule has 20 heavy (non-hydrogen) atoms. The van der Waals surface area contributed by atoms with E-state index in [2.05, 4.69) is 0 Å². The molecular weight excluding hydrogens is 258 g/mol. The summed E-state index contributed by atoms with van der Waals surface area (Å²) >= 11 is 0. The van der Waals surface area contributed by atoms with E-state index in [0.717, 1.165) is 19.3 Å². The van der Waals surface area contributed by atoms with Gasteiger partial charge in [-0.05, 0) is 18.4 Å². The fourth-order valence-corrected chi connectivity index (χ4v) is 2.15. The normalized spacial score (nSPS) is 23.4. The van der Waals surface area contributed by atoms with Crippen molar-refractivity contribution in [3.63, 3.8) is 0 Å². The zero-order chi connectivity index (χ0) is 15.0. The molecule has 0 aromatic heterocycles. The van der Waals surface area contributed by atoms with Crippen LogP contribution in [0.5, 0.6) is 0 Å². The second kappa shape index (κ2) is 8.68. The number of ether oxygens (including phenoxy) is 1. The van der Waals surface area contributed by atoms with Crippen LogP contribution < -0.4 is 5.73 Å². The van der Waals surface area contributed by atoms with Gasteiger partial charge in [-0.25, -0.2) is 4.79 Å². The second-order valence-electron chi connectivity index (χ2n) is 4.88. The van der Waals surface area contributed by atoms with Crippen molar-refractivity contribution in [3.8, 4) is 0 Å². The lowest BCUT2D eigenvalue weighted by Gasteiger charge is -2.23. The Kier molecular flexibility index (Phi) is 7.22. The Labute approximate surface area is 119 Å². The number of aliphatic hydroxyl groups is 1. The number of benzene rings is 1. The molecule has 1 saturated carbocycles. The van der Waals surface area contributed by atoms with Crippen molar-refractivity contribution in [2.24, 2.45) is 5.73 Å². The van der Waals surface area contributed by atoms with Crippen molar-refractivity contribution in [2.45, 2.75) is 43.9 Å². The fraction of sp³-hybridized carbons (Fsp3) is 0.533. The van der Waals surface area contributed by atoms with Gasteiger partial charge in [0.25, 0.3) is 0 Å². The Morgan fingerprint density at radius 2 is 1.90 bits per heavy atom. The Morgan fingerprint density at radius 3 is 2.30 bits per heavy atom. The second-order valence-corrected chi connectivity index (χ2v) is 4.88. The van der Waals surface area contributed by atoms with Crippen LogP contribution in [0.15, 0.2) is 30.3 Å². The Hall–Kier alpha value is -1.43. The SMILES string of the molecule is COC(C(=O)O)c1ccccc1.NC1CCCCC1O. The topological polar surface area (TPSA) is 92.8 Å². The lowest BCUT2D eigenvalue weighted by Crippen LogP contribution is -2.37. The highest BCUT2D eigenvalue weighted by atomic mass is 16.5. The van der Waals surface area contributed by atoms with Crippen molar-refractivity contribution >= 4 is 5.97 Å². The summed E-state index contributed by atoms with van der Waals surface area (Å²) in [5, 5.41) is 17.8. The largest absolute Gasteiger partial charge is 0.479 e. The number of rotatable bonds is 3. The van der Waals surface area contributed by atoms with Gasteiger partial charge in [-0.2, -0.15) is 0 Å². The maximum atomic E-state index is 10.6. The molecule has 1 aliphatic rings. The molecule has 0 aliphatic heterocycles. The van der Waals surface area contributed by atoms with Gasteiger partial charge in [0.2, 0.25) is 0 Å². The number of methoxy groups -OCH3 is 1. The van der Waals surface area contributed by atoms with E-state index in [0.29, 0.717) is 5.56 Å². The summed E-state index contributed by atoms with van der Waals surface area (Å²) in [7, 11) is 1.38. The van der Waals surface area contributed by atoms with Crippen LogP contribution in [0.25, 0.3) is 0 Å². The number of carbonyl (C=O) groups is 1. The highest BCUT2D eigenvalue weighted by molar-refractivity contribution is 5.74. The van der Waals surface area contributed by atoms with E-state index in [4.69, 9.17) is 20.7 Å². The molecule has 1 aromatic rings. The van der Waals surface area contributed by atoms with E-state index < -0.39 is 12.1 Å². The molecule has 2 rings (SSSR count). The van der Waals surface area contributed by atoms with Gasteiger partial charge >= 0.3 is 5.97 Å². The fourth-order valence-electron chi connectivity index (χ4n) is 2.15. The molecule has 112 valence electrons. The molecule has 1 fully saturated rings. The number of nitrogens with two attached hydrogens (primary N) is 1. The minimum absolute atomic E-state index is 0.0590. The molecule has 0 spiro atoms. The van der Waals surface area contributed by atoms with E-state index in [-0.39, 0.29) is 12.1 Å². The third kappa shape index (κ3) is 5.28. The van der Waals surface area contributed by atoms with Crippen LogP contribution in [0.2, 0.25) is 0 Å². The number of aliphatic hydroxyl groups excluding tert-OH is 1. The van der Waals surface area contributed by atoms with E-state index in [1.807, 2.05) is 6.07 Å². The summed E-state index contributed by atoms with van der Waals surface area (Å²) < 4.78 is 4.80. The predicted octanol–water partition coefficient (Wildman–Crippen LogP) is 1.71. The number of aliphatic carboxylic acids is 1. The van der Waals surface area contributed by atoms with Gasteiger partial charge in [-0.1, -0.05) is 43.2 Å². The molecule has 4 N–H and O–H groups in total. The highest BCUT2D eigenvalue weighted by Crippen LogP contribution is 2.16. The standard InChI is InChI=1S/C9H10O3.C6H13NO/c1-12-8(9(10)11)7-5-3-2-4-6-7;7-5-3-1-2-4-6(5)8/h2-6,8H,1H3,(H,10,11);5-6,8H,1-4,7H2. The first-order valence-electron chi connectivity index (χ1n) is 6.80. The van der Waals surface area contributed by atoms with Gasteiger partial charge in [-0.15, -0.1) is 0 Å². The quantitative estimate of drug-likeness (QED) is 0.784. The Bertz CT molecular complexity index is 386. The summed E-state index contributed by atoms with van der Waals surface area (Å²) in [4.78, 5) is 10.6. The smallest absolute Gasteiger partial charge is 0.337 e. The van der Waals surface area contributed by atoms with E-state index in [9.17, 15) is 4.79 Å². The number of hydrogen-bond donors (Lipinski definition) is 3. The summed E-state index contributed by atoms with van der Waals surface area (Å²) in [6, 6.07) is 8.90. The molecule has 1 aliphatic carbocycles. The van der Waals surface area contributed by atoms with Crippen LogP contribution in [-0.2, 0) is 9.53 Å². The molecule has 5 heteroatoms. The first-order chi connectivity index (χ1) is 9.56. The van der Waals surface area contributed by atoms with Crippen LogP contribution in [0.4, 0.5) is 0 Å². The van der Waals surface area contributed by atoms with Crippen LogP contribution in [-0.4, -0.2) is 35.4 Å². The van der Waals surface area contributed by atoms with Crippen LogP contribution in [0, 0.1) is 0 Å². The van der Waals surface area contributed by atoms with E-state index >= 15 is 0 Å². The third-order valence-corrected chi connectivity index (χ3v) is 3.34.